The highest BCUT2D eigenvalue weighted by Gasteiger charge is 2.27. The Labute approximate surface area is 229 Å². The van der Waals surface area contributed by atoms with E-state index in [-0.39, 0.29) is 0 Å². The van der Waals surface area contributed by atoms with Crippen molar-refractivity contribution >= 4 is 55.4 Å². The maximum absolute atomic E-state index is 2.49. The second-order valence-corrected chi connectivity index (χ2v) is 11.3. The third-order valence-corrected chi connectivity index (χ3v) is 9.22. The Morgan fingerprint density at radius 2 is 1.18 bits per heavy atom. The quantitative estimate of drug-likeness (QED) is 0.223. The Morgan fingerprint density at radius 1 is 0.487 bits per heavy atom. The highest BCUT2D eigenvalue weighted by atomic mass is 32.2. The van der Waals surface area contributed by atoms with Gasteiger partial charge in [-0.05, 0) is 58.3 Å². The minimum atomic E-state index is 1.17. The molecule has 9 rings (SSSR count). The summed E-state index contributed by atoms with van der Waals surface area (Å²) in [7, 11) is 0. The van der Waals surface area contributed by atoms with Gasteiger partial charge < -0.3 is 0 Å². The first kappa shape index (κ1) is 21.2. The summed E-state index contributed by atoms with van der Waals surface area (Å²) < 4.78 is 4.94. The van der Waals surface area contributed by atoms with Crippen LogP contribution in [0.4, 0.5) is 0 Å². The molecule has 3 heterocycles. The fraction of sp³-hybridized carbons (Fsp3) is 0. The largest absolute Gasteiger partial charge is 0.295 e. The molecule has 39 heavy (non-hydrogen) atoms. The molecule has 0 radical (unpaired) electrons. The minimum absolute atomic E-state index is 1.17. The van der Waals surface area contributed by atoms with Crippen LogP contribution in [-0.2, 0) is 0 Å². The zero-order chi connectivity index (χ0) is 25.5. The maximum Gasteiger partial charge on any atom is 0.131 e. The van der Waals surface area contributed by atoms with Crippen LogP contribution in [0.5, 0.6) is 0 Å². The molecule has 0 saturated heterocycles. The lowest BCUT2D eigenvalue weighted by Gasteiger charge is -2.21. The summed E-state index contributed by atoms with van der Waals surface area (Å²) in [6.45, 7) is 0. The number of hydrogen-bond acceptors (Lipinski definition) is 1. The lowest BCUT2D eigenvalue weighted by atomic mass is 9.98. The van der Waals surface area contributed by atoms with Crippen LogP contribution in [-0.4, -0.2) is 9.13 Å². The number of fused-ring (bicyclic) bond motifs is 8. The van der Waals surface area contributed by atoms with Gasteiger partial charge in [0.05, 0.1) is 16.7 Å². The molecule has 0 fully saturated rings. The van der Waals surface area contributed by atoms with Crippen molar-refractivity contribution in [2.24, 2.45) is 0 Å². The van der Waals surface area contributed by atoms with E-state index in [2.05, 4.69) is 143 Å². The first-order valence-corrected chi connectivity index (χ1v) is 14.1. The average Bonchev–Trinajstić information content (AvgIpc) is 3.52. The number of aromatic nitrogens is 2. The summed E-state index contributed by atoms with van der Waals surface area (Å²) in [5.74, 6) is 0. The summed E-state index contributed by atoms with van der Waals surface area (Å²) >= 11 is 1.87. The Morgan fingerprint density at radius 3 is 2.10 bits per heavy atom. The monoisotopic (exact) mass is 514 g/mol. The average molecular weight is 515 g/mol. The molecule has 0 N–H and O–H groups in total. The smallest absolute Gasteiger partial charge is 0.131 e. The molecule has 3 heteroatoms. The van der Waals surface area contributed by atoms with Crippen molar-refractivity contribution in [2.45, 2.75) is 9.79 Å². The van der Waals surface area contributed by atoms with Gasteiger partial charge in [-0.3, -0.25) is 9.13 Å². The first-order chi connectivity index (χ1) is 19.4. The second kappa shape index (κ2) is 7.89. The van der Waals surface area contributed by atoms with Crippen LogP contribution in [0.1, 0.15) is 0 Å². The fourth-order valence-electron chi connectivity index (χ4n) is 6.46. The zero-order valence-electron chi connectivity index (χ0n) is 21.0. The van der Waals surface area contributed by atoms with Crippen LogP contribution in [0.15, 0.2) is 143 Å². The van der Waals surface area contributed by atoms with Crippen molar-refractivity contribution in [2.75, 3.05) is 0 Å². The molecule has 0 spiro atoms. The summed E-state index contributed by atoms with van der Waals surface area (Å²) in [5, 5.41) is 6.47. The lowest BCUT2D eigenvalue weighted by Crippen LogP contribution is -2.05. The molecule has 0 aliphatic carbocycles. The topological polar surface area (TPSA) is 9.86 Å². The Kier molecular flexibility index (Phi) is 4.29. The summed E-state index contributed by atoms with van der Waals surface area (Å²) in [6, 6.07) is 48.6. The molecule has 1 aliphatic heterocycles. The van der Waals surface area contributed by atoms with Gasteiger partial charge >= 0.3 is 0 Å². The third-order valence-electron chi connectivity index (χ3n) is 8.11. The number of nitrogens with zero attached hydrogens (tertiary/aromatic N) is 2. The van der Waals surface area contributed by atoms with Gasteiger partial charge in [0.15, 0.2) is 0 Å². The Hall–Kier alpha value is -4.73. The van der Waals surface area contributed by atoms with E-state index in [1.54, 1.807) is 0 Å². The molecule has 2 aromatic heterocycles. The molecular weight excluding hydrogens is 492 g/mol. The van der Waals surface area contributed by atoms with Gasteiger partial charge in [0.2, 0.25) is 0 Å². The van der Waals surface area contributed by atoms with Crippen molar-refractivity contribution in [1.82, 2.24) is 9.13 Å². The zero-order valence-corrected chi connectivity index (χ0v) is 21.8. The van der Waals surface area contributed by atoms with Gasteiger partial charge in [-0.2, -0.15) is 0 Å². The fourth-order valence-corrected chi connectivity index (χ4v) is 7.55. The molecule has 0 amide bonds. The molecule has 8 aromatic rings. The Balaban J connectivity index is 1.36. The van der Waals surface area contributed by atoms with E-state index in [9.17, 15) is 0 Å². The maximum atomic E-state index is 2.49. The number of rotatable bonds is 2. The molecule has 2 nitrogen and oxygen atoms in total. The normalized spacial score (nSPS) is 12.5. The van der Waals surface area contributed by atoms with Crippen LogP contribution in [0.25, 0.3) is 66.1 Å². The SMILES string of the molecule is c1ccc2c(c1)Sc1cccc3c4c5ccccc5n(-c5ccc(-c6cccc7ccccc67)cc5)c4n-2c13. The predicted molar refractivity (Wildman–Crippen MR) is 165 cm³/mol. The van der Waals surface area contributed by atoms with Crippen LogP contribution in [0.3, 0.4) is 0 Å². The third kappa shape index (κ3) is 2.88. The van der Waals surface area contributed by atoms with Crippen molar-refractivity contribution in [3.8, 4) is 22.5 Å². The molecular formula is C36H22N2S. The Bertz CT molecular complexity index is 2240. The summed E-state index contributed by atoms with van der Waals surface area (Å²) in [4.78, 5) is 2.60. The van der Waals surface area contributed by atoms with Crippen LogP contribution < -0.4 is 0 Å². The van der Waals surface area contributed by atoms with Crippen molar-refractivity contribution < 1.29 is 0 Å². The van der Waals surface area contributed by atoms with Gasteiger partial charge in [-0.25, -0.2) is 0 Å². The molecule has 0 atom stereocenters. The number of para-hydroxylation sites is 3. The molecule has 0 bridgehead atoms. The highest BCUT2D eigenvalue weighted by Crippen LogP contribution is 2.49. The first-order valence-electron chi connectivity index (χ1n) is 13.3. The van der Waals surface area contributed by atoms with Crippen molar-refractivity contribution in [1.29, 1.82) is 0 Å². The predicted octanol–water partition coefficient (Wildman–Crippen LogP) is 10.0. The van der Waals surface area contributed by atoms with Gasteiger partial charge in [0, 0.05) is 31.6 Å². The van der Waals surface area contributed by atoms with E-state index in [0.29, 0.717) is 0 Å². The van der Waals surface area contributed by atoms with Crippen molar-refractivity contribution in [3.63, 3.8) is 0 Å². The van der Waals surface area contributed by atoms with Crippen molar-refractivity contribution in [3.05, 3.63) is 133 Å². The molecule has 1 aliphatic rings. The van der Waals surface area contributed by atoms with Crippen LogP contribution in [0, 0.1) is 0 Å². The summed E-state index contributed by atoms with van der Waals surface area (Å²) in [5.41, 5.74) is 8.67. The summed E-state index contributed by atoms with van der Waals surface area (Å²) in [6.07, 6.45) is 0. The molecule has 6 aromatic carbocycles. The molecule has 0 unspecified atom stereocenters. The molecule has 0 saturated carbocycles. The van der Waals surface area contributed by atoms with Crippen LogP contribution in [0.2, 0.25) is 0 Å². The van der Waals surface area contributed by atoms with Gasteiger partial charge in [0.1, 0.15) is 5.65 Å². The van der Waals surface area contributed by atoms with E-state index >= 15 is 0 Å². The van der Waals surface area contributed by atoms with E-state index in [0.717, 1.165) is 0 Å². The van der Waals surface area contributed by atoms with Gasteiger partial charge in [-0.1, -0.05) is 109 Å². The molecule has 182 valence electrons. The van der Waals surface area contributed by atoms with Crippen LogP contribution >= 0.6 is 11.8 Å². The van der Waals surface area contributed by atoms with E-state index in [1.165, 1.54) is 75.9 Å². The lowest BCUT2D eigenvalue weighted by molar-refractivity contribution is 1.03. The highest BCUT2D eigenvalue weighted by molar-refractivity contribution is 7.99. The second-order valence-electron chi connectivity index (χ2n) is 10.2. The minimum Gasteiger partial charge on any atom is -0.295 e. The van der Waals surface area contributed by atoms with E-state index < -0.39 is 0 Å². The van der Waals surface area contributed by atoms with Gasteiger partial charge in [0.25, 0.3) is 0 Å². The van der Waals surface area contributed by atoms with E-state index in [1.807, 2.05) is 11.8 Å². The van der Waals surface area contributed by atoms with Gasteiger partial charge in [-0.15, -0.1) is 0 Å². The van der Waals surface area contributed by atoms with E-state index in [4.69, 9.17) is 0 Å². The standard InChI is InChI=1S/C36H22N2S/c1-2-11-26-23(9-1)10-7-13-27(26)24-19-21-25(22-20-24)37-30-15-4-3-12-28(30)34-29-14-8-18-33-35(29)38(36(34)37)31-16-5-6-17-32(31)39-33/h1-22H. The number of hydrogen-bond donors (Lipinski definition) is 0. The number of benzene rings is 6.